The van der Waals surface area contributed by atoms with Crippen molar-refractivity contribution in [1.82, 2.24) is 20.1 Å². The first-order valence-electron chi connectivity index (χ1n) is 10.1. The second kappa shape index (κ2) is 7.58. The van der Waals surface area contributed by atoms with Gasteiger partial charge in [-0.05, 0) is 31.5 Å². The summed E-state index contributed by atoms with van der Waals surface area (Å²) in [5.74, 6) is 0.161. The molecule has 0 bridgehead atoms. The third kappa shape index (κ3) is 3.46. The molecule has 1 saturated heterocycles. The van der Waals surface area contributed by atoms with Crippen molar-refractivity contribution < 1.29 is 14.3 Å². The van der Waals surface area contributed by atoms with Crippen molar-refractivity contribution in [1.29, 1.82) is 0 Å². The van der Waals surface area contributed by atoms with Crippen LogP contribution in [-0.2, 0) is 7.05 Å². The van der Waals surface area contributed by atoms with Crippen LogP contribution >= 0.6 is 0 Å². The molecule has 3 N–H and O–H groups in total. The normalized spacial score (nSPS) is 19.3. The van der Waals surface area contributed by atoms with E-state index in [0.29, 0.717) is 24.5 Å². The molecule has 0 spiro atoms. The topological polar surface area (TPSA) is 108 Å². The first kappa shape index (κ1) is 18.8. The number of β-amino-alcohol motifs (C(OH)–C–C–N with tert-alkyl or cyclic N) is 1. The molecule has 5 rings (SSSR count). The zero-order chi connectivity index (χ0) is 20.7. The molecule has 9 nitrogen and oxygen atoms in total. The Morgan fingerprint density at radius 3 is 3.07 bits per heavy atom. The van der Waals surface area contributed by atoms with E-state index >= 15 is 0 Å². The molecule has 2 aliphatic rings. The van der Waals surface area contributed by atoms with E-state index in [-0.39, 0.29) is 17.7 Å². The molecular weight excluding hydrogens is 384 g/mol. The number of aromatic nitrogens is 3. The molecule has 9 heteroatoms. The zero-order valence-corrected chi connectivity index (χ0v) is 16.8. The van der Waals surface area contributed by atoms with Crippen LogP contribution in [0.1, 0.15) is 29.2 Å². The molecule has 4 heterocycles. The average molecular weight is 408 g/mol. The number of aliphatic hydroxyl groups is 1. The predicted octanol–water partition coefficient (Wildman–Crippen LogP) is 1.76. The highest BCUT2D eigenvalue weighted by atomic mass is 16.3. The SMILES string of the molecule is Cn1ncc2cc(N3CCC(O)C3)c(NC(=O)c3coc(C4=CCNCC4)n3)cc21. The fourth-order valence-corrected chi connectivity index (χ4v) is 4.04. The van der Waals surface area contributed by atoms with Crippen LogP contribution in [0.2, 0.25) is 0 Å². The lowest BCUT2D eigenvalue weighted by Gasteiger charge is -2.22. The number of carbonyl (C=O) groups is 1. The van der Waals surface area contributed by atoms with Gasteiger partial charge in [0.15, 0.2) is 5.69 Å². The maximum atomic E-state index is 12.9. The quantitative estimate of drug-likeness (QED) is 0.604. The summed E-state index contributed by atoms with van der Waals surface area (Å²) in [6.45, 7) is 2.90. The Balaban J connectivity index is 1.45. The van der Waals surface area contributed by atoms with Crippen LogP contribution in [-0.4, -0.2) is 58.1 Å². The Bertz CT molecular complexity index is 1130. The minimum Gasteiger partial charge on any atom is -0.444 e. The summed E-state index contributed by atoms with van der Waals surface area (Å²) < 4.78 is 7.33. The molecular formula is C21H24N6O3. The summed E-state index contributed by atoms with van der Waals surface area (Å²) >= 11 is 0. The maximum absolute atomic E-state index is 12.9. The number of carbonyl (C=O) groups excluding carboxylic acids is 1. The van der Waals surface area contributed by atoms with Crippen molar-refractivity contribution >= 4 is 33.8 Å². The van der Waals surface area contributed by atoms with Gasteiger partial charge in [-0.25, -0.2) is 4.98 Å². The first-order valence-corrected chi connectivity index (χ1v) is 10.1. The van der Waals surface area contributed by atoms with Gasteiger partial charge in [0.2, 0.25) is 5.89 Å². The molecule has 2 aliphatic heterocycles. The van der Waals surface area contributed by atoms with Crippen LogP contribution in [0.25, 0.3) is 16.5 Å². The molecule has 156 valence electrons. The zero-order valence-electron chi connectivity index (χ0n) is 16.8. The number of aryl methyl sites for hydroxylation is 1. The summed E-state index contributed by atoms with van der Waals surface area (Å²) in [5, 5.41) is 21.5. The number of oxazole rings is 1. The van der Waals surface area contributed by atoms with Crippen molar-refractivity contribution in [2.45, 2.75) is 18.9 Å². The number of nitrogens with one attached hydrogen (secondary N) is 2. The monoisotopic (exact) mass is 408 g/mol. The van der Waals surface area contributed by atoms with E-state index < -0.39 is 0 Å². The molecule has 1 aromatic carbocycles. The molecule has 30 heavy (non-hydrogen) atoms. The minimum absolute atomic E-state index is 0.238. The van der Waals surface area contributed by atoms with Crippen LogP contribution < -0.4 is 15.5 Å². The Morgan fingerprint density at radius 2 is 2.30 bits per heavy atom. The second-order valence-corrected chi connectivity index (χ2v) is 7.76. The van der Waals surface area contributed by atoms with Crippen LogP contribution in [0, 0.1) is 0 Å². The molecule has 1 fully saturated rings. The van der Waals surface area contributed by atoms with Gasteiger partial charge < -0.3 is 25.1 Å². The molecule has 2 aromatic heterocycles. The maximum Gasteiger partial charge on any atom is 0.277 e. The number of rotatable bonds is 4. The number of aliphatic hydroxyl groups excluding tert-OH is 1. The van der Waals surface area contributed by atoms with E-state index in [2.05, 4.69) is 25.6 Å². The van der Waals surface area contributed by atoms with E-state index in [1.807, 2.05) is 25.3 Å². The number of nitrogens with zero attached hydrogens (tertiary/aromatic N) is 4. The van der Waals surface area contributed by atoms with Crippen molar-refractivity contribution in [3.05, 3.63) is 42.3 Å². The van der Waals surface area contributed by atoms with Gasteiger partial charge in [-0.2, -0.15) is 5.10 Å². The highest BCUT2D eigenvalue weighted by Crippen LogP contribution is 2.34. The van der Waals surface area contributed by atoms with E-state index in [9.17, 15) is 9.90 Å². The summed E-state index contributed by atoms with van der Waals surface area (Å²) in [4.78, 5) is 19.4. The van der Waals surface area contributed by atoms with Gasteiger partial charge in [0, 0.05) is 37.6 Å². The fourth-order valence-electron chi connectivity index (χ4n) is 4.04. The summed E-state index contributed by atoms with van der Waals surface area (Å²) in [5.41, 5.74) is 3.69. The standard InChI is InChI=1S/C21H24N6O3/c1-26-18-9-16(19(8-14(18)10-23-26)27-7-4-15(28)11-27)24-20(29)17-12-30-21(25-17)13-2-5-22-6-3-13/h2,8-10,12,15,22,28H,3-7,11H2,1H3,(H,24,29). The predicted molar refractivity (Wildman–Crippen MR) is 113 cm³/mol. The Morgan fingerprint density at radius 1 is 1.40 bits per heavy atom. The van der Waals surface area contributed by atoms with E-state index in [1.165, 1.54) is 6.26 Å². The van der Waals surface area contributed by atoms with E-state index in [0.717, 1.165) is 48.2 Å². The number of hydrogen-bond acceptors (Lipinski definition) is 7. The number of hydrogen-bond donors (Lipinski definition) is 3. The number of anilines is 2. The van der Waals surface area contributed by atoms with Gasteiger partial charge in [0.1, 0.15) is 6.26 Å². The Kier molecular flexibility index (Phi) is 4.76. The van der Waals surface area contributed by atoms with E-state index in [1.54, 1.807) is 10.9 Å². The van der Waals surface area contributed by atoms with Crippen molar-refractivity contribution in [3.8, 4) is 0 Å². The van der Waals surface area contributed by atoms with Crippen LogP contribution in [0.15, 0.2) is 35.1 Å². The Labute approximate surface area is 173 Å². The number of fused-ring (bicyclic) bond motifs is 1. The summed E-state index contributed by atoms with van der Waals surface area (Å²) in [6, 6.07) is 3.92. The molecule has 0 aliphatic carbocycles. The molecule has 3 aromatic rings. The number of benzene rings is 1. The van der Waals surface area contributed by atoms with Gasteiger partial charge in [-0.1, -0.05) is 6.08 Å². The number of amides is 1. The van der Waals surface area contributed by atoms with Crippen LogP contribution in [0.4, 0.5) is 11.4 Å². The summed E-state index contributed by atoms with van der Waals surface area (Å²) in [6.07, 6.45) is 6.39. The first-order chi connectivity index (χ1) is 14.6. The lowest BCUT2D eigenvalue weighted by molar-refractivity contribution is 0.102. The lowest BCUT2D eigenvalue weighted by atomic mass is 10.1. The smallest absolute Gasteiger partial charge is 0.277 e. The second-order valence-electron chi connectivity index (χ2n) is 7.76. The molecule has 0 saturated carbocycles. The largest absolute Gasteiger partial charge is 0.444 e. The van der Waals surface area contributed by atoms with Crippen LogP contribution in [0.5, 0.6) is 0 Å². The molecule has 1 unspecified atom stereocenters. The third-order valence-electron chi connectivity index (χ3n) is 5.69. The van der Waals surface area contributed by atoms with Crippen molar-refractivity contribution in [2.75, 3.05) is 36.4 Å². The third-order valence-corrected chi connectivity index (χ3v) is 5.69. The highest BCUT2D eigenvalue weighted by Gasteiger charge is 2.25. The van der Waals surface area contributed by atoms with Gasteiger partial charge in [0.05, 0.1) is 29.2 Å². The van der Waals surface area contributed by atoms with Gasteiger partial charge in [-0.3, -0.25) is 9.48 Å². The minimum atomic E-state index is -0.366. The average Bonchev–Trinajstić information content (AvgIpc) is 3.49. The van der Waals surface area contributed by atoms with Crippen molar-refractivity contribution in [2.24, 2.45) is 7.05 Å². The van der Waals surface area contributed by atoms with E-state index in [4.69, 9.17) is 4.42 Å². The Hall–Kier alpha value is -3.17. The van der Waals surface area contributed by atoms with Gasteiger partial charge in [0.25, 0.3) is 5.91 Å². The van der Waals surface area contributed by atoms with Gasteiger partial charge in [-0.15, -0.1) is 0 Å². The lowest BCUT2D eigenvalue weighted by Crippen LogP contribution is -2.23. The molecule has 1 atom stereocenters. The summed E-state index contributed by atoms with van der Waals surface area (Å²) in [7, 11) is 1.86. The van der Waals surface area contributed by atoms with Crippen molar-refractivity contribution in [3.63, 3.8) is 0 Å². The van der Waals surface area contributed by atoms with Crippen LogP contribution in [0.3, 0.4) is 0 Å². The molecule has 1 amide bonds. The molecule has 0 radical (unpaired) electrons. The fraction of sp³-hybridized carbons (Fsp3) is 0.381. The van der Waals surface area contributed by atoms with Gasteiger partial charge >= 0.3 is 0 Å². The highest BCUT2D eigenvalue weighted by molar-refractivity contribution is 6.06.